The highest BCUT2D eigenvalue weighted by Crippen LogP contribution is 2.30. The first kappa shape index (κ1) is 14.4. The molecule has 0 spiro atoms. The summed E-state index contributed by atoms with van der Waals surface area (Å²) < 4.78 is 10.6. The number of hydrogen-bond acceptors (Lipinski definition) is 4. The van der Waals surface area contributed by atoms with E-state index in [9.17, 15) is 0 Å². The Morgan fingerprint density at radius 3 is 2.60 bits per heavy atom. The van der Waals surface area contributed by atoms with E-state index in [1.165, 1.54) is 5.56 Å². The molecule has 20 heavy (non-hydrogen) atoms. The summed E-state index contributed by atoms with van der Waals surface area (Å²) in [5.41, 5.74) is 2.26. The van der Waals surface area contributed by atoms with Crippen LogP contribution in [-0.2, 0) is 6.54 Å². The van der Waals surface area contributed by atoms with E-state index in [4.69, 9.17) is 9.47 Å². The van der Waals surface area contributed by atoms with Gasteiger partial charge < -0.3 is 14.8 Å². The van der Waals surface area contributed by atoms with E-state index in [0.717, 1.165) is 30.2 Å². The quantitative estimate of drug-likeness (QED) is 0.815. The lowest BCUT2D eigenvalue weighted by Crippen LogP contribution is -2.20. The average molecular weight is 275 g/mol. The van der Waals surface area contributed by atoms with Crippen LogP contribution < -0.4 is 14.8 Å². The van der Waals surface area contributed by atoms with Crippen molar-refractivity contribution in [1.82, 2.24) is 15.5 Å². The van der Waals surface area contributed by atoms with E-state index in [2.05, 4.69) is 28.5 Å². The first-order valence-electron chi connectivity index (χ1n) is 6.72. The predicted octanol–water partition coefficient (Wildman–Crippen LogP) is 2.67. The molecule has 0 saturated heterocycles. The lowest BCUT2D eigenvalue weighted by Gasteiger charge is -2.18. The van der Waals surface area contributed by atoms with Crippen molar-refractivity contribution in [1.29, 1.82) is 0 Å². The van der Waals surface area contributed by atoms with Crippen LogP contribution in [0.5, 0.6) is 11.5 Å². The minimum atomic E-state index is 0.262. The molecule has 1 aromatic heterocycles. The highest BCUT2D eigenvalue weighted by Gasteiger charge is 2.12. The molecule has 2 rings (SSSR count). The van der Waals surface area contributed by atoms with Gasteiger partial charge >= 0.3 is 0 Å². The molecule has 0 fully saturated rings. The third-order valence-corrected chi connectivity index (χ3v) is 3.32. The molecule has 0 saturated carbocycles. The maximum Gasteiger partial charge on any atom is 0.161 e. The Kier molecular flexibility index (Phi) is 5.01. The Labute approximate surface area is 119 Å². The average Bonchev–Trinajstić information content (AvgIpc) is 3.01. The molecule has 1 atom stereocenters. The standard InChI is InChI=1S/C15H21N3O2/c1-4-13(16-10-12-7-8-17-18-12)11-5-6-14(19-2)15(9-11)20-3/h5-9,13,16H,4,10H2,1-3H3,(H,17,18). The van der Waals surface area contributed by atoms with Gasteiger partial charge in [-0.15, -0.1) is 0 Å². The number of H-pyrrole nitrogens is 1. The van der Waals surface area contributed by atoms with E-state index < -0.39 is 0 Å². The highest BCUT2D eigenvalue weighted by atomic mass is 16.5. The Balaban J connectivity index is 2.10. The molecule has 0 radical (unpaired) electrons. The van der Waals surface area contributed by atoms with Gasteiger partial charge in [0.2, 0.25) is 0 Å². The minimum Gasteiger partial charge on any atom is -0.493 e. The number of aromatic amines is 1. The normalized spacial score (nSPS) is 12.2. The Morgan fingerprint density at radius 1 is 1.20 bits per heavy atom. The van der Waals surface area contributed by atoms with Crippen LogP contribution in [0, 0.1) is 0 Å². The van der Waals surface area contributed by atoms with Gasteiger partial charge in [-0.2, -0.15) is 5.10 Å². The Bertz CT molecular complexity index is 526. The van der Waals surface area contributed by atoms with Crippen molar-refractivity contribution >= 4 is 0 Å². The summed E-state index contributed by atoms with van der Waals surface area (Å²) in [6.07, 6.45) is 2.75. The van der Waals surface area contributed by atoms with E-state index in [1.807, 2.05) is 18.2 Å². The molecule has 1 unspecified atom stereocenters. The van der Waals surface area contributed by atoms with Crippen LogP contribution in [-0.4, -0.2) is 24.4 Å². The topological polar surface area (TPSA) is 59.2 Å². The third-order valence-electron chi connectivity index (χ3n) is 3.32. The molecule has 5 nitrogen and oxygen atoms in total. The van der Waals surface area contributed by atoms with Gasteiger partial charge in [0.25, 0.3) is 0 Å². The lowest BCUT2D eigenvalue weighted by atomic mass is 10.0. The van der Waals surface area contributed by atoms with Crippen LogP contribution in [0.25, 0.3) is 0 Å². The molecule has 108 valence electrons. The summed E-state index contributed by atoms with van der Waals surface area (Å²) in [5, 5.41) is 10.4. The molecule has 5 heteroatoms. The first-order valence-corrected chi connectivity index (χ1v) is 6.72. The van der Waals surface area contributed by atoms with Crippen molar-refractivity contribution in [2.45, 2.75) is 25.9 Å². The predicted molar refractivity (Wildman–Crippen MR) is 78.0 cm³/mol. The molecule has 0 aliphatic carbocycles. The Hall–Kier alpha value is -2.01. The summed E-state index contributed by atoms with van der Waals surface area (Å²) in [5.74, 6) is 1.51. The summed E-state index contributed by atoms with van der Waals surface area (Å²) in [6.45, 7) is 2.91. The van der Waals surface area contributed by atoms with Gasteiger partial charge in [0.15, 0.2) is 11.5 Å². The number of nitrogens with one attached hydrogen (secondary N) is 2. The van der Waals surface area contributed by atoms with Gasteiger partial charge in [-0.25, -0.2) is 0 Å². The van der Waals surface area contributed by atoms with Crippen LogP contribution >= 0.6 is 0 Å². The largest absolute Gasteiger partial charge is 0.493 e. The van der Waals surface area contributed by atoms with E-state index in [1.54, 1.807) is 20.4 Å². The summed E-state index contributed by atoms with van der Waals surface area (Å²) in [6, 6.07) is 8.25. The number of rotatable bonds is 7. The number of ether oxygens (including phenoxy) is 2. The van der Waals surface area contributed by atoms with Crippen molar-refractivity contribution in [2.24, 2.45) is 0 Å². The maximum absolute atomic E-state index is 5.35. The summed E-state index contributed by atoms with van der Waals surface area (Å²) in [7, 11) is 3.30. The number of benzene rings is 1. The Morgan fingerprint density at radius 2 is 2.00 bits per heavy atom. The molecular weight excluding hydrogens is 254 g/mol. The van der Waals surface area contributed by atoms with Gasteiger partial charge in [0, 0.05) is 24.5 Å². The second-order valence-corrected chi connectivity index (χ2v) is 4.54. The van der Waals surface area contributed by atoms with Crippen molar-refractivity contribution in [2.75, 3.05) is 14.2 Å². The van der Waals surface area contributed by atoms with Crippen molar-refractivity contribution in [3.8, 4) is 11.5 Å². The number of nitrogens with zero attached hydrogens (tertiary/aromatic N) is 1. The number of hydrogen-bond donors (Lipinski definition) is 2. The van der Waals surface area contributed by atoms with Gasteiger partial charge in [-0.3, -0.25) is 5.10 Å². The van der Waals surface area contributed by atoms with Crippen molar-refractivity contribution in [3.63, 3.8) is 0 Å². The summed E-state index contributed by atoms with van der Waals surface area (Å²) >= 11 is 0. The molecule has 0 aliphatic rings. The molecule has 0 amide bonds. The zero-order chi connectivity index (χ0) is 14.4. The fourth-order valence-corrected chi connectivity index (χ4v) is 2.18. The molecule has 1 heterocycles. The molecule has 0 aliphatic heterocycles. The maximum atomic E-state index is 5.35. The van der Waals surface area contributed by atoms with Gasteiger partial charge in [0.05, 0.1) is 14.2 Å². The molecule has 2 N–H and O–H groups in total. The fraction of sp³-hybridized carbons (Fsp3) is 0.400. The van der Waals surface area contributed by atoms with E-state index in [0.29, 0.717) is 0 Å². The van der Waals surface area contributed by atoms with Crippen LogP contribution in [0.1, 0.15) is 30.6 Å². The zero-order valence-electron chi connectivity index (χ0n) is 12.1. The molecule has 0 bridgehead atoms. The van der Waals surface area contributed by atoms with Crippen molar-refractivity contribution in [3.05, 3.63) is 41.7 Å². The monoisotopic (exact) mass is 275 g/mol. The van der Waals surface area contributed by atoms with Gasteiger partial charge in [-0.05, 0) is 30.2 Å². The lowest BCUT2D eigenvalue weighted by molar-refractivity contribution is 0.353. The third kappa shape index (κ3) is 3.30. The van der Waals surface area contributed by atoms with Crippen LogP contribution in [0.4, 0.5) is 0 Å². The van der Waals surface area contributed by atoms with Crippen molar-refractivity contribution < 1.29 is 9.47 Å². The van der Waals surface area contributed by atoms with Crippen LogP contribution in [0.3, 0.4) is 0 Å². The highest BCUT2D eigenvalue weighted by molar-refractivity contribution is 5.43. The molecule has 1 aromatic carbocycles. The second-order valence-electron chi connectivity index (χ2n) is 4.54. The number of methoxy groups -OCH3 is 2. The molecule has 2 aromatic rings. The van der Waals surface area contributed by atoms with E-state index in [-0.39, 0.29) is 6.04 Å². The molecular formula is C15H21N3O2. The van der Waals surface area contributed by atoms with Gasteiger partial charge in [-0.1, -0.05) is 13.0 Å². The second kappa shape index (κ2) is 6.96. The summed E-state index contributed by atoms with van der Waals surface area (Å²) in [4.78, 5) is 0. The smallest absolute Gasteiger partial charge is 0.161 e. The minimum absolute atomic E-state index is 0.262. The zero-order valence-corrected chi connectivity index (χ0v) is 12.1. The van der Waals surface area contributed by atoms with Crippen LogP contribution in [0.15, 0.2) is 30.5 Å². The SMILES string of the molecule is CCC(NCc1ccn[nH]1)c1ccc(OC)c(OC)c1. The first-order chi connectivity index (χ1) is 9.78. The van der Waals surface area contributed by atoms with Crippen LogP contribution in [0.2, 0.25) is 0 Å². The van der Waals surface area contributed by atoms with Gasteiger partial charge in [0.1, 0.15) is 0 Å². The van der Waals surface area contributed by atoms with E-state index >= 15 is 0 Å². The fourth-order valence-electron chi connectivity index (χ4n) is 2.18. The number of aromatic nitrogens is 2.